The summed E-state index contributed by atoms with van der Waals surface area (Å²) < 4.78 is 0. The van der Waals surface area contributed by atoms with Crippen LogP contribution in [0.3, 0.4) is 0 Å². The molecule has 1 amide bonds. The van der Waals surface area contributed by atoms with E-state index in [0.29, 0.717) is 6.42 Å². The molecule has 1 aromatic rings. The van der Waals surface area contributed by atoms with Gasteiger partial charge in [0.25, 0.3) is 0 Å². The lowest BCUT2D eigenvalue weighted by Gasteiger charge is -2.07. The first-order valence-corrected chi connectivity index (χ1v) is 6.53. The molecule has 0 heterocycles. The van der Waals surface area contributed by atoms with Gasteiger partial charge in [0.15, 0.2) is 0 Å². The van der Waals surface area contributed by atoms with E-state index in [4.69, 9.17) is 0 Å². The van der Waals surface area contributed by atoms with E-state index >= 15 is 0 Å². The molecule has 0 fully saturated rings. The standard InChI is InChI=1S/C14H23N3O.2ClH/c1-15-10-5-9-14(18)17-12-6-11-16-13-7-3-2-4-8-13;;/h2-4,7-8,15-16H,5-6,9-12H2,1H3,(H,17,18);2*1H. The van der Waals surface area contributed by atoms with Crippen LogP contribution in [0.2, 0.25) is 0 Å². The van der Waals surface area contributed by atoms with Crippen molar-refractivity contribution < 1.29 is 4.79 Å². The molecule has 1 rings (SSSR count). The summed E-state index contributed by atoms with van der Waals surface area (Å²) in [4.78, 5) is 11.4. The molecule has 0 aliphatic carbocycles. The van der Waals surface area contributed by atoms with E-state index in [1.807, 2.05) is 37.4 Å². The first kappa shape index (κ1) is 21.3. The van der Waals surface area contributed by atoms with E-state index in [-0.39, 0.29) is 30.7 Å². The van der Waals surface area contributed by atoms with Gasteiger partial charge in [0, 0.05) is 25.2 Å². The van der Waals surface area contributed by atoms with Crippen molar-refractivity contribution in [1.29, 1.82) is 0 Å². The Balaban J connectivity index is 0. The van der Waals surface area contributed by atoms with Gasteiger partial charge in [-0.2, -0.15) is 0 Å². The lowest BCUT2D eigenvalue weighted by molar-refractivity contribution is -0.121. The lowest BCUT2D eigenvalue weighted by Crippen LogP contribution is -2.26. The molecule has 4 nitrogen and oxygen atoms in total. The van der Waals surface area contributed by atoms with Gasteiger partial charge < -0.3 is 16.0 Å². The Morgan fingerprint density at radius 3 is 2.35 bits per heavy atom. The average Bonchev–Trinajstić information content (AvgIpc) is 2.40. The fourth-order valence-corrected chi connectivity index (χ4v) is 1.62. The second-order valence-electron chi connectivity index (χ2n) is 4.20. The van der Waals surface area contributed by atoms with Gasteiger partial charge in [-0.25, -0.2) is 0 Å². The van der Waals surface area contributed by atoms with Crippen LogP contribution < -0.4 is 16.0 Å². The van der Waals surface area contributed by atoms with Gasteiger partial charge in [-0.1, -0.05) is 18.2 Å². The van der Waals surface area contributed by atoms with E-state index in [9.17, 15) is 4.79 Å². The number of nitrogens with one attached hydrogen (secondary N) is 3. The van der Waals surface area contributed by atoms with Crippen LogP contribution in [0.4, 0.5) is 5.69 Å². The number of anilines is 1. The molecular weight excluding hydrogens is 297 g/mol. The minimum absolute atomic E-state index is 0. The van der Waals surface area contributed by atoms with Crippen molar-refractivity contribution in [3.8, 4) is 0 Å². The fourth-order valence-electron chi connectivity index (χ4n) is 1.62. The van der Waals surface area contributed by atoms with Crippen LogP contribution in [0.15, 0.2) is 30.3 Å². The summed E-state index contributed by atoms with van der Waals surface area (Å²) in [6, 6.07) is 10.1. The Kier molecular flexibility index (Phi) is 15.4. The number of halogens is 2. The van der Waals surface area contributed by atoms with Crippen LogP contribution in [0.25, 0.3) is 0 Å². The number of hydrogen-bond donors (Lipinski definition) is 3. The molecular formula is C14H25Cl2N3O. The minimum atomic E-state index is 0. The molecule has 20 heavy (non-hydrogen) atoms. The van der Waals surface area contributed by atoms with Gasteiger partial charge in [-0.05, 0) is 38.6 Å². The highest BCUT2D eigenvalue weighted by Gasteiger charge is 1.99. The van der Waals surface area contributed by atoms with Gasteiger partial charge in [0.05, 0.1) is 0 Å². The van der Waals surface area contributed by atoms with Crippen LogP contribution in [-0.2, 0) is 4.79 Å². The van der Waals surface area contributed by atoms with Gasteiger partial charge >= 0.3 is 0 Å². The summed E-state index contributed by atoms with van der Waals surface area (Å²) in [6.45, 7) is 2.50. The number of hydrogen-bond acceptors (Lipinski definition) is 3. The minimum Gasteiger partial charge on any atom is -0.385 e. The van der Waals surface area contributed by atoms with Crippen molar-refractivity contribution in [1.82, 2.24) is 10.6 Å². The smallest absolute Gasteiger partial charge is 0.220 e. The van der Waals surface area contributed by atoms with Crippen LogP contribution in [0.1, 0.15) is 19.3 Å². The SMILES string of the molecule is CNCCCC(=O)NCCCNc1ccccc1.Cl.Cl. The molecule has 0 spiro atoms. The summed E-state index contributed by atoms with van der Waals surface area (Å²) in [5.74, 6) is 0.143. The molecule has 0 aliphatic rings. The molecule has 0 unspecified atom stereocenters. The largest absolute Gasteiger partial charge is 0.385 e. The first-order chi connectivity index (χ1) is 8.83. The highest BCUT2D eigenvalue weighted by Crippen LogP contribution is 2.04. The number of para-hydroxylation sites is 1. The Bertz CT molecular complexity index is 336. The van der Waals surface area contributed by atoms with Gasteiger partial charge in [0.1, 0.15) is 0 Å². The summed E-state index contributed by atoms with van der Waals surface area (Å²) in [5.41, 5.74) is 1.12. The highest BCUT2D eigenvalue weighted by atomic mass is 35.5. The van der Waals surface area contributed by atoms with Crippen molar-refractivity contribution in [3.05, 3.63) is 30.3 Å². The van der Waals surface area contributed by atoms with E-state index in [2.05, 4.69) is 16.0 Å². The number of carbonyl (C=O) groups is 1. The zero-order valence-corrected chi connectivity index (χ0v) is 13.5. The van der Waals surface area contributed by atoms with Crippen LogP contribution in [0, 0.1) is 0 Å². The van der Waals surface area contributed by atoms with Gasteiger partial charge in [0.2, 0.25) is 5.91 Å². The Labute approximate surface area is 133 Å². The van der Waals surface area contributed by atoms with E-state index in [1.165, 1.54) is 0 Å². The van der Waals surface area contributed by atoms with Gasteiger partial charge in [-0.15, -0.1) is 24.8 Å². The van der Waals surface area contributed by atoms with Crippen molar-refractivity contribution in [2.75, 3.05) is 32.0 Å². The molecule has 0 saturated carbocycles. The number of carbonyl (C=O) groups excluding carboxylic acids is 1. The quantitative estimate of drug-likeness (QED) is 0.612. The van der Waals surface area contributed by atoms with Crippen molar-refractivity contribution in [2.45, 2.75) is 19.3 Å². The summed E-state index contributed by atoms with van der Waals surface area (Å²) in [6.07, 6.45) is 2.43. The maximum atomic E-state index is 11.4. The van der Waals surface area contributed by atoms with E-state index in [1.54, 1.807) is 0 Å². The molecule has 0 aromatic heterocycles. The van der Waals surface area contributed by atoms with Gasteiger partial charge in [-0.3, -0.25) is 4.79 Å². The summed E-state index contributed by atoms with van der Waals surface area (Å²) in [7, 11) is 1.90. The summed E-state index contributed by atoms with van der Waals surface area (Å²) in [5, 5.41) is 9.26. The number of rotatable bonds is 9. The molecule has 0 aliphatic heterocycles. The molecule has 0 bridgehead atoms. The Morgan fingerprint density at radius 2 is 1.70 bits per heavy atom. The van der Waals surface area contributed by atoms with Crippen molar-refractivity contribution in [3.63, 3.8) is 0 Å². The fraction of sp³-hybridized carbons (Fsp3) is 0.500. The van der Waals surface area contributed by atoms with Crippen molar-refractivity contribution >= 4 is 36.4 Å². The zero-order valence-electron chi connectivity index (χ0n) is 11.9. The second kappa shape index (κ2) is 14.4. The predicted octanol–water partition coefficient (Wildman–Crippen LogP) is 2.45. The topological polar surface area (TPSA) is 53.2 Å². The Hall–Kier alpha value is -0.970. The van der Waals surface area contributed by atoms with E-state index < -0.39 is 0 Å². The van der Waals surface area contributed by atoms with Crippen LogP contribution in [0.5, 0.6) is 0 Å². The molecule has 3 N–H and O–H groups in total. The van der Waals surface area contributed by atoms with Crippen molar-refractivity contribution in [2.24, 2.45) is 0 Å². The third-order valence-corrected chi connectivity index (χ3v) is 2.61. The highest BCUT2D eigenvalue weighted by molar-refractivity contribution is 5.85. The van der Waals surface area contributed by atoms with Crippen LogP contribution in [-0.4, -0.2) is 32.6 Å². The number of benzene rings is 1. The molecule has 1 aromatic carbocycles. The normalized spacial score (nSPS) is 9.05. The zero-order chi connectivity index (χ0) is 13.1. The third kappa shape index (κ3) is 10.9. The maximum absolute atomic E-state index is 11.4. The van der Waals surface area contributed by atoms with Crippen LogP contribution >= 0.6 is 24.8 Å². The summed E-state index contributed by atoms with van der Waals surface area (Å²) >= 11 is 0. The average molecular weight is 322 g/mol. The molecule has 6 heteroatoms. The molecule has 0 atom stereocenters. The predicted molar refractivity (Wildman–Crippen MR) is 90.2 cm³/mol. The first-order valence-electron chi connectivity index (χ1n) is 6.53. The Morgan fingerprint density at radius 1 is 1.00 bits per heavy atom. The molecule has 116 valence electrons. The molecule has 0 radical (unpaired) electrons. The van der Waals surface area contributed by atoms with E-state index in [0.717, 1.165) is 38.2 Å². The maximum Gasteiger partial charge on any atom is 0.220 e. The lowest BCUT2D eigenvalue weighted by atomic mass is 10.3. The molecule has 0 saturated heterocycles. The number of amides is 1. The second-order valence-corrected chi connectivity index (χ2v) is 4.20. The monoisotopic (exact) mass is 321 g/mol. The third-order valence-electron chi connectivity index (χ3n) is 2.61.